The molecule has 1 N–H and O–H groups in total. The van der Waals surface area contributed by atoms with Crippen LogP contribution in [0.1, 0.15) is 200 Å². The average molecular weight is 594 g/mol. The van der Waals surface area contributed by atoms with E-state index in [9.17, 15) is 14.7 Å². The van der Waals surface area contributed by atoms with Crippen molar-refractivity contribution in [3.63, 3.8) is 0 Å². The van der Waals surface area contributed by atoms with Crippen LogP contribution in [0.3, 0.4) is 0 Å². The molecule has 0 saturated carbocycles. The van der Waals surface area contributed by atoms with E-state index in [1.807, 2.05) is 0 Å². The number of amides is 1. The minimum Gasteiger partial charge on any atom is -0.464 e. The largest absolute Gasteiger partial charge is 0.464 e. The zero-order valence-electron chi connectivity index (χ0n) is 28.2. The minimum atomic E-state index is -0.626. The number of esters is 1. The van der Waals surface area contributed by atoms with Crippen molar-refractivity contribution in [1.82, 2.24) is 4.90 Å². The second kappa shape index (κ2) is 28.7. The number of likely N-dealkylation sites (tertiary alicyclic amines) is 1. The van der Waals surface area contributed by atoms with Gasteiger partial charge >= 0.3 is 5.97 Å². The van der Waals surface area contributed by atoms with Crippen molar-refractivity contribution >= 4 is 11.9 Å². The minimum absolute atomic E-state index is 0.00642. The third-order valence-electron chi connectivity index (χ3n) is 9.11. The number of ether oxygens (including phenoxy) is 1. The number of rotatable bonds is 30. The van der Waals surface area contributed by atoms with Crippen molar-refractivity contribution in [3.8, 4) is 0 Å². The lowest BCUT2D eigenvalue weighted by Crippen LogP contribution is -2.41. The lowest BCUT2D eigenvalue weighted by molar-refractivity contribution is -0.153. The number of β-amino-alcohol motifs (C(OH)–C–C–N with tert-alkyl or cyclic N) is 1. The molecule has 0 bridgehead atoms. The number of carbonyl (C=O) groups excluding carboxylic acids is 2. The van der Waals surface area contributed by atoms with Crippen LogP contribution in [-0.4, -0.2) is 47.2 Å². The van der Waals surface area contributed by atoms with Gasteiger partial charge in [-0.25, -0.2) is 4.79 Å². The van der Waals surface area contributed by atoms with Crippen LogP contribution < -0.4 is 0 Å². The Balaban J connectivity index is 2.00. The molecule has 0 aromatic rings. The summed E-state index contributed by atoms with van der Waals surface area (Å²) >= 11 is 0. The Morgan fingerprint density at radius 1 is 0.571 bits per heavy atom. The van der Waals surface area contributed by atoms with Gasteiger partial charge in [0.15, 0.2) is 0 Å². The van der Waals surface area contributed by atoms with Crippen molar-refractivity contribution in [1.29, 1.82) is 0 Å². The Morgan fingerprint density at radius 2 is 0.929 bits per heavy atom. The predicted molar refractivity (Wildman–Crippen MR) is 178 cm³/mol. The van der Waals surface area contributed by atoms with Gasteiger partial charge in [-0.2, -0.15) is 0 Å². The first-order valence-electron chi connectivity index (χ1n) is 18.7. The van der Waals surface area contributed by atoms with Crippen LogP contribution in [0.15, 0.2) is 0 Å². The molecule has 0 aromatic heterocycles. The van der Waals surface area contributed by atoms with E-state index in [0.717, 1.165) is 25.7 Å². The van der Waals surface area contributed by atoms with Gasteiger partial charge in [0, 0.05) is 19.4 Å². The first kappa shape index (κ1) is 38.9. The van der Waals surface area contributed by atoms with Gasteiger partial charge in [-0.15, -0.1) is 0 Å². The molecule has 1 heterocycles. The van der Waals surface area contributed by atoms with Gasteiger partial charge in [-0.05, 0) is 12.8 Å². The highest BCUT2D eigenvalue weighted by molar-refractivity contribution is 5.85. The smallest absolute Gasteiger partial charge is 0.328 e. The van der Waals surface area contributed by atoms with Gasteiger partial charge in [0.05, 0.1) is 12.7 Å². The number of aliphatic hydroxyl groups excluding tert-OH is 1. The molecule has 0 radical (unpaired) electrons. The van der Waals surface area contributed by atoms with Gasteiger partial charge in [0.1, 0.15) is 6.04 Å². The molecule has 1 unspecified atom stereocenters. The third kappa shape index (κ3) is 21.6. The Kier molecular flexibility index (Phi) is 26.6. The number of carbonyl (C=O) groups is 2. The van der Waals surface area contributed by atoms with E-state index in [0.29, 0.717) is 19.4 Å². The number of unbranched alkanes of at least 4 members (excludes halogenated alkanes) is 25. The molecule has 1 rings (SSSR count). The van der Waals surface area contributed by atoms with Crippen LogP contribution in [0.25, 0.3) is 0 Å². The molecule has 248 valence electrons. The highest BCUT2D eigenvalue weighted by Crippen LogP contribution is 2.22. The monoisotopic (exact) mass is 594 g/mol. The molecule has 1 aliphatic heterocycles. The van der Waals surface area contributed by atoms with Crippen molar-refractivity contribution in [3.05, 3.63) is 0 Å². The lowest BCUT2D eigenvalue weighted by Gasteiger charge is -2.23. The van der Waals surface area contributed by atoms with Crippen molar-refractivity contribution in [2.75, 3.05) is 13.2 Å². The first-order chi connectivity index (χ1) is 20.6. The summed E-state index contributed by atoms with van der Waals surface area (Å²) in [4.78, 5) is 27.1. The topological polar surface area (TPSA) is 66.8 Å². The summed E-state index contributed by atoms with van der Waals surface area (Å²) in [6.45, 7) is 5.22. The maximum absolute atomic E-state index is 12.8. The second-order valence-electron chi connectivity index (χ2n) is 13.2. The quantitative estimate of drug-likeness (QED) is 0.0664. The highest BCUT2D eigenvalue weighted by atomic mass is 16.5. The van der Waals surface area contributed by atoms with Crippen molar-refractivity contribution < 1.29 is 19.4 Å². The van der Waals surface area contributed by atoms with Crippen LogP contribution in [0.2, 0.25) is 0 Å². The van der Waals surface area contributed by atoms with Gasteiger partial charge in [0.25, 0.3) is 0 Å². The normalized spacial score (nSPS) is 16.8. The van der Waals surface area contributed by atoms with Crippen LogP contribution >= 0.6 is 0 Å². The molecule has 1 fully saturated rings. The number of aliphatic hydroxyl groups is 1. The summed E-state index contributed by atoms with van der Waals surface area (Å²) in [7, 11) is 0. The second-order valence-corrected chi connectivity index (χ2v) is 13.2. The SMILES string of the molecule is CCCCCCCCCCCCCCCCOC(=O)C1C[C@@H](O)CN1C(=O)CCCCCCCCCCCCCCC. The highest BCUT2D eigenvalue weighted by Gasteiger charge is 2.39. The third-order valence-corrected chi connectivity index (χ3v) is 9.11. The molecule has 1 saturated heterocycles. The molecule has 5 heteroatoms. The zero-order valence-corrected chi connectivity index (χ0v) is 28.2. The molecule has 5 nitrogen and oxygen atoms in total. The van der Waals surface area contributed by atoms with Crippen molar-refractivity contribution in [2.24, 2.45) is 0 Å². The Hall–Kier alpha value is -1.10. The molecule has 0 aliphatic carbocycles. The summed E-state index contributed by atoms with van der Waals surface area (Å²) in [6, 6.07) is -0.610. The van der Waals surface area contributed by atoms with E-state index in [4.69, 9.17) is 4.74 Å². The average Bonchev–Trinajstić information content (AvgIpc) is 3.39. The maximum Gasteiger partial charge on any atom is 0.328 e. The fourth-order valence-electron chi connectivity index (χ4n) is 6.32. The molecule has 0 aromatic carbocycles. The van der Waals surface area contributed by atoms with Gasteiger partial charge in [0.2, 0.25) is 5.91 Å². The van der Waals surface area contributed by atoms with Crippen LogP contribution in [0.5, 0.6) is 0 Å². The molecule has 1 amide bonds. The summed E-state index contributed by atoms with van der Waals surface area (Å²) in [6.07, 6.45) is 34.9. The van der Waals surface area contributed by atoms with E-state index in [2.05, 4.69) is 13.8 Å². The van der Waals surface area contributed by atoms with Gasteiger partial charge in [-0.1, -0.05) is 174 Å². The van der Waals surface area contributed by atoms with Gasteiger partial charge in [-0.3, -0.25) is 4.79 Å². The Morgan fingerprint density at radius 3 is 1.33 bits per heavy atom. The number of nitrogens with zero attached hydrogens (tertiary/aromatic N) is 1. The van der Waals surface area contributed by atoms with Crippen LogP contribution in [-0.2, 0) is 14.3 Å². The molecule has 42 heavy (non-hydrogen) atoms. The summed E-state index contributed by atoms with van der Waals surface area (Å²) in [5.41, 5.74) is 0. The molecule has 0 spiro atoms. The summed E-state index contributed by atoms with van der Waals surface area (Å²) < 4.78 is 5.54. The van der Waals surface area contributed by atoms with Crippen LogP contribution in [0, 0.1) is 0 Å². The molecular weight excluding hydrogens is 522 g/mol. The molecule has 1 aliphatic rings. The molecular formula is C37H71NO4. The van der Waals surface area contributed by atoms with E-state index >= 15 is 0 Å². The fraction of sp³-hybridized carbons (Fsp3) is 0.946. The Labute approximate surface area is 261 Å². The number of hydrogen-bond acceptors (Lipinski definition) is 4. The van der Waals surface area contributed by atoms with E-state index in [1.54, 1.807) is 4.90 Å². The summed E-state index contributed by atoms with van der Waals surface area (Å²) in [5.74, 6) is -0.340. The predicted octanol–water partition coefficient (Wildman–Crippen LogP) is 10.5. The summed E-state index contributed by atoms with van der Waals surface area (Å²) in [5, 5.41) is 10.2. The number of hydrogen-bond donors (Lipinski definition) is 1. The maximum atomic E-state index is 12.8. The standard InChI is InChI=1S/C37H71NO4/c1-3-5-7-9-11-13-15-17-19-21-23-25-27-29-31-42-37(41)35-32-34(39)33-38(35)36(40)30-28-26-24-22-20-18-16-14-12-10-8-6-4-2/h34-35,39H,3-33H2,1-2H3/t34-,35?/m1/s1. The first-order valence-corrected chi connectivity index (χ1v) is 18.7. The lowest BCUT2D eigenvalue weighted by atomic mass is 10.0. The van der Waals surface area contributed by atoms with E-state index in [1.165, 1.54) is 148 Å². The van der Waals surface area contributed by atoms with E-state index in [-0.39, 0.29) is 18.4 Å². The Bertz CT molecular complexity index is 625. The van der Waals surface area contributed by atoms with Gasteiger partial charge < -0.3 is 14.7 Å². The van der Waals surface area contributed by atoms with E-state index < -0.39 is 12.1 Å². The zero-order chi connectivity index (χ0) is 30.5. The van der Waals surface area contributed by atoms with Crippen molar-refractivity contribution in [2.45, 2.75) is 212 Å². The fourth-order valence-corrected chi connectivity index (χ4v) is 6.32. The van der Waals surface area contributed by atoms with Crippen LogP contribution in [0.4, 0.5) is 0 Å². The molecule has 2 atom stereocenters.